The van der Waals surface area contributed by atoms with Crippen LogP contribution in [0.3, 0.4) is 0 Å². The maximum absolute atomic E-state index is 12.6. The van der Waals surface area contributed by atoms with Gasteiger partial charge in [0, 0.05) is 13.1 Å². The highest BCUT2D eigenvalue weighted by Crippen LogP contribution is 2.20. The molecule has 1 aromatic rings. The molecule has 1 heterocycles. The fourth-order valence-corrected chi connectivity index (χ4v) is 3.71. The SMILES string of the molecule is Cc1[nH]ncc1S(=O)(=O)N(CC(C)C)CC(C)C. The van der Waals surface area contributed by atoms with Gasteiger partial charge in [0.2, 0.25) is 10.0 Å². The smallest absolute Gasteiger partial charge is 0.246 e. The van der Waals surface area contributed by atoms with E-state index >= 15 is 0 Å². The van der Waals surface area contributed by atoms with Crippen molar-refractivity contribution in [2.75, 3.05) is 13.1 Å². The van der Waals surface area contributed by atoms with Crippen LogP contribution in [0.4, 0.5) is 0 Å². The van der Waals surface area contributed by atoms with Crippen LogP contribution >= 0.6 is 0 Å². The van der Waals surface area contributed by atoms with Crippen molar-refractivity contribution < 1.29 is 8.42 Å². The lowest BCUT2D eigenvalue weighted by Gasteiger charge is -2.25. The molecule has 0 aliphatic rings. The third-order valence-corrected chi connectivity index (χ3v) is 4.48. The summed E-state index contributed by atoms with van der Waals surface area (Å²) in [7, 11) is -3.44. The number of aromatic amines is 1. The summed E-state index contributed by atoms with van der Waals surface area (Å²) in [5.41, 5.74) is 0.590. The maximum atomic E-state index is 12.6. The quantitative estimate of drug-likeness (QED) is 0.862. The van der Waals surface area contributed by atoms with Gasteiger partial charge in [0.1, 0.15) is 4.90 Å². The summed E-state index contributed by atoms with van der Waals surface area (Å²) in [5.74, 6) is 0.594. The average Bonchev–Trinajstić information content (AvgIpc) is 2.62. The lowest BCUT2D eigenvalue weighted by molar-refractivity contribution is 0.333. The van der Waals surface area contributed by atoms with Gasteiger partial charge < -0.3 is 0 Å². The van der Waals surface area contributed by atoms with Crippen LogP contribution in [0.5, 0.6) is 0 Å². The van der Waals surface area contributed by atoms with Crippen LogP contribution in [0.25, 0.3) is 0 Å². The Bertz CT molecular complexity index is 467. The van der Waals surface area contributed by atoms with Gasteiger partial charge in [0.25, 0.3) is 0 Å². The zero-order chi connectivity index (χ0) is 13.9. The maximum Gasteiger partial charge on any atom is 0.246 e. The predicted molar refractivity (Wildman–Crippen MR) is 71.8 cm³/mol. The number of aryl methyl sites for hydroxylation is 1. The van der Waals surface area contributed by atoms with Gasteiger partial charge in [-0.15, -0.1) is 0 Å². The van der Waals surface area contributed by atoms with Gasteiger partial charge in [0.15, 0.2) is 0 Å². The van der Waals surface area contributed by atoms with Gasteiger partial charge in [-0.1, -0.05) is 27.7 Å². The predicted octanol–water partition coefficient (Wildman–Crippen LogP) is 2.02. The van der Waals surface area contributed by atoms with Crippen LogP contribution < -0.4 is 0 Å². The Morgan fingerprint density at radius 3 is 2.06 bits per heavy atom. The summed E-state index contributed by atoms with van der Waals surface area (Å²) in [6.45, 7) is 10.9. The number of hydrogen-bond acceptors (Lipinski definition) is 3. The van der Waals surface area contributed by atoms with E-state index in [4.69, 9.17) is 0 Å². The summed E-state index contributed by atoms with van der Waals surface area (Å²) < 4.78 is 26.7. The molecule has 1 N–H and O–H groups in total. The van der Waals surface area contributed by atoms with Gasteiger partial charge in [0.05, 0.1) is 11.9 Å². The third kappa shape index (κ3) is 3.55. The molecule has 1 aromatic heterocycles. The average molecular weight is 273 g/mol. The molecule has 0 radical (unpaired) electrons. The molecule has 104 valence electrons. The monoisotopic (exact) mass is 273 g/mol. The van der Waals surface area contributed by atoms with E-state index in [9.17, 15) is 8.42 Å². The van der Waals surface area contributed by atoms with Crippen LogP contribution in [0.1, 0.15) is 33.4 Å². The molecular weight excluding hydrogens is 250 g/mol. The summed E-state index contributed by atoms with van der Waals surface area (Å²) >= 11 is 0. The van der Waals surface area contributed by atoms with E-state index in [0.29, 0.717) is 30.6 Å². The molecule has 0 saturated carbocycles. The lowest BCUT2D eigenvalue weighted by atomic mass is 10.2. The number of nitrogens with zero attached hydrogens (tertiary/aromatic N) is 2. The van der Waals surface area contributed by atoms with Crippen LogP contribution in [0.15, 0.2) is 11.1 Å². The summed E-state index contributed by atoms with van der Waals surface area (Å²) in [6, 6.07) is 0. The van der Waals surface area contributed by atoms with Gasteiger partial charge in [-0.25, -0.2) is 8.42 Å². The molecule has 0 aliphatic heterocycles. The van der Waals surface area contributed by atoms with E-state index in [1.165, 1.54) is 6.20 Å². The zero-order valence-corrected chi connectivity index (χ0v) is 12.6. The van der Waals surface area contributed by atoms with E-state index in [1.807, 2.05) is 27.7 Å². The van der Waals surface area contributed by atoms with Gasteiger partial charge in [-0.2, -0.15) is 9.40 Å². The standard InChI is InChI=1S/C12H23N3O2S/c1-9(2)7-15(8-10(3)4)18(16,17)12-6-13-14-11(12)5/h6,9-10H,7-8H2,1-5H3,(H,13,14). The minimum atomic E-state index is -3.44. The van der Waals surface area contributed by atoms with E-state index in [1.54, 1.807) is 11.2 Å². The molecule has 0 spiro atoms. The molecule has 0 atom stereocenters. The minimum Gasteiger partial charge on any atom is -0.281 e. The van der Waals surface area contributed by atoms with E-state index in [-0.39, 0.29) is 4.90 Å². The van der Waals surface area contributed by atoms with Crippen molar-refractivity contribution in [2.45, 2.75) is 39.5 Å². The molecule has 5 nitrogen and oxygen atoms in total. The van der Waals surface area contributed by atoms with Crippen LogP contribution in [-0.2, 0) is 10.0 Å². The van der Waals surface area contributed by atoms with E-state index in [0.717, 1.165) is 0 Å². The zero-order valence-electron chi connectivity index (χ0n) is 11.8. The van der Waals surface area contributed by atoms with Crippen molar-refractivity contribution in [3.63, 3.8) is 0 Å². The Hall–Kier alpha value is -0.880. The fraction of sp³-hybridized carbons (Fsp3) is 0.750. The van der Waals surface area contributed by atoms with Gasteiger partial charge >= 0.3 is 0 Å². The lowest BCUT2D eigenvalue weighted by Crippen LogP contribution is -2.37. The first-order valence-electron chi connectivity index (χ1n) is 6.25. The highest BCUT2D eigenvalue weighted by Gasteiger charge is 2.28. The molecule has 0 amide bonds. The molecule has 1 rings (SSSR count). The molecule has 0 aromatic carbocycles. The Labute approximate surface area is 110 Å². The van der Waals surface area contributed by atoms with E-state index in [2.05, 4.69) is 10.2 Å². The summed E-state index contributed by atoms with van der Waals surface area (Å²) in [6.07, 6.45) is 1.39. The number of H-pyrrole nitrogens is 1. The highest BCUT2D eigenvalue weighted by atomic mass is 32.2. The molecule has 0 aliphatic carbocycles. The van der Waals surface area contributed by atoms with Crippen LogP contribution in [0, 0.1) is 18.8 Å². The molecule has 6 heteroatoms. The number of nitrogens with one attached hydrogen (secondary N) is 1. The molecule has 18 heavy (non-hydrogen) atoms. The second kappa shape index (κ2) is 5.84. The molecule has 0 fully saturated rings. The summed E-state index contributed by atoms with van der Waals surface area (Å²) in [5, 5.41) is 6.48. The first-order valence-corrected chi connectivity index (χ1v) is 7.69. The van der Waals surface area contributed by atoms with Crippen molar-refractivity contribution in [2.24, 2.45) is 11.8 Å². The first kappa shape index (κ1) is 15.2. The Morgan fingerprint density at radius 1 is 1.22 bits per heavy atom. The normalized spacial score (nSPS) is 12.9. The van der Waals surface area contributed by atoms with Crippen molar-refractivity contribution in [1.29, 1.82) is 0 Å². The second-order valence-electron chi connectivity index (χ2n) is 5.47. The number of aromatic nitrogens is 2. The van der Waals surface area contributed by atoms with Crippen molar-refractivity contribution in [3.8, 4) is 0 Å². The van der Waals surface area contributed by atoms with Crippen molar-refractivity contribution >= 4 is 10.0 Å². The molecular formula is C12H23N3O2S. The fourth-order valence-electron chi connectivity index (χ4n) is 1.82. The topological polar surface area (TPSA) is 66.1 Å². The van der Waals surface area contributed by atoms with Crippen molar-refractivity contribution in [1.82, 2.24) is 14.5 Å². The summed E-state index contributed by atoms with van der Waals surface area (Å²) in [4.78, 5) is 0.281. The van der Waals surface area contributed by atoms with E-state index < -0.39 is 10.0 Å². The van der Waals surface area contributed by atoms with Gasteiger partial charge in [-0.05, 0) is 18.8 Å². The second-order valence-corrected chi connectivity index (χ2v) is 7.38. The molecule has 0 bridgehead atoms. The Morgan fingerprint density at radius 2 is 1.72 bits per heavy atom. The van der Waals surface area contributed by atoms with Gasteiger partial charge in [-0.3, -0.25) is 5.10 Å². The van der Waals surface area contributed by atoms with Crippen molar-refractivity contribution in [3.05, 3.63) is 11.9 Å². The number of hydrogen-bond donors (Lipinski definition) is 1. The highest BCUT2D eigenvalue weighted by molar-refractivity contribution is 7.89. The first-order chi connectivity index (χ1) is 8.25. The Balaban J connectivity index is 3.07. The number of sulfonamides is 1. The largest absolute Gasteiger partial charge is 0.281 e. The Kier molecular flexibility index (Phi) is 4.92. The third-order valence-electron chi connectivity index (χ3n) is 2.54. The molecule has 0 unspecified atom stereocenters. The van der Waals surface area contributed by atoms with Crippen LogP contribution in [-0.4, -0.2) is 36.0 Å². The minimum absolute atomic E-state index is 0.281. The number of rotatable bonds is 6. The molecule has 0 saturated heterocycles. The van der Waals surface area contributed by atoms with Crippen LogP contribution in [0.2, 0.25) is 0 Å².